The molecular formula is C48H28O4. The van der Waals surface area contributed by atoms with Crippen molar-refractivity contribution in [2.75, 3.05) is 0 Å². The van der Waals surface area contributed by atoms with E-state index in [1.54, 1.807) is 13.8 Å². The zero-order chi connectivity index (χ0) is 35.4. The van der Waals surface area contributed by atoms with Crippen LogP contribution in [0.5, 0.6) is 0 Å². The summed E-state index contributed by atoms with van der Waals surface area (Å²) in [6, 6.07) is 42.9. The number of benzene rings is 10. The number of carbonyl (C=O) groups is 2. The Morgan fingerprint density at radius 3 is 1.00 bits per heavy atom. The molecule has 0 saturated heterocycles. The summed E-state index contributed by atoms with van der Waals surface area (Å²) in [6.07, 6.45) is 0. The number of Topliss-reactive ketones (excluding diaryl/α,β-unsaturated/α-hetero) is 2. The Labute approximate surface area is 296 Å². The molecule has 0 aliphatic heterocycles. The van der Waals surface area contributed by atoms with Crippen molar-refractivity contribution in [3.05, 3.63) is 165 Å². The van der Waals surface area contributed by atoms with Gasteiger partial charge in [-0.1, -0.05) is 133 Å². The molecule has 0 saturated carbocycles. The second-order valence-corrected chi connectivity index (χ2v) is 13.7. The van der Waals surface area contributed by atoms with Crippen LogP contribution in [0.3, 0.4) is 0 Å². The Hall–Kier alpha value is -6.78. The molecule has 0 fully saturated rings. The minimum Gasteiger partial charge on any atom is -0.295 e. The number of hydrogen-bond donors (Lipinski definition) is 0. The lowest BCUT2D eigenvalue weighted by molar-refractivity contribution is 0.100. The molecule has 10 rings (SSSR count). The predicted molar refractivity (Wildman–Crippen MR) is 215 cm³/mol. The average Bonchev–Trinajstić information content (AvgIpc) is 3.18. The van der Waals surface area contributed by atoms with Crippen molar-refractivity contribution in [2.24, 2.45) is 0 Å². The first-order chi connectivity index (χ1) is 25.3. The Balaban J connectivity index is 1.60. The van der Waals surface area contributed by atoms with E-state index in [1.165, 1.54) is 0 Å². The summed E-state index contributed by atoms with van der Waals surface area (Å²) in [6.45, 7) is 3.12. The lowest BCUT2D eigenvalue weighted by atomic mass is 9.78. The first-order valence-corrected chi connectivity index (χ1v) is 17.4. The predicted octanol–water partition coefficient (Wildman–Crippen LogP) is 11.1. The van der Waals surface area contributed by atoms with E-state index in [0.29, 0.717) is 32.7 Å². The van der Waals surface area contributed by atoms with E-state index in [2.05, 4.69) is 12.1 Å². The Bertz CT molecular complexity index is 3080. The average molecular weight is 669 g/mol. The minimum absolute atomic E-state index is 0.0233. The highest BCUT2D eigenvalue weighted by Crippen LogP contribution is 2.52. The van der Waals surface area contributed by atoms with Gasteiger partial charge in [-0.3, -0.25) is 19.2 Å². The van der Waals surface area contributed by atoms with Crippen LogP contribution >= 0.6 is 0 Å². The number of fused-ring (bicyclic) bond motifs is 7. The molecule has 0 spiro atoms. The smallest absolute Gasteiger partial charge is 0.194 e. The summed E-state index contributed by atoms with van der Waals surface area (Å²) in [4.78, 5) is 53.6. The van der Waals surface area contributed by atoms with E-state index in [9.17, 15) is 19.2 Å². The van der Waals surface area contributed by atoms with Crippen molar-refractivity contribution in [2.45, 2.75) is 13.8 Å². The topological polar surface area (TPSA) is 68.3 Å². The van der Waals surface area contributed by atoms with Crippen LogP contribution in [-0.2, 0) is 0 Å². The molecule has 0 aliphatic carbocycles. The fourth-order valence-electron chi connectivity index (χ4n) is 8.67. The van der Waals surface area contributed by atoms with Crippen LogP contribution in [0.4, 0.5) is 0 Å². The van der Waals surface area contributed by atoms with Crippen LogP contribution in [-0.4, -0.2) is 11.6 Å². The van der Waals surface area contributed by atoms with Gasteiger partial charge >= 0.3 is 0 Å². The third kappa shape index (κ3) is 3.97. The number of hydrogen-bond acceptors (Lipinski definition) is 4. The summed E-state index contributed by atoms with van der Waals surface area (Å²) in [5.74, 6) is -0.0466. The van der Waals surface area contributed by atoms with Crippen molar-refractivity contribution in [3.63, 3.8) is 0 Å². The van der Waals surface area contributed by atoms with Gasteiger partial charge in [-0.05, 0) is 79.2 Å². The molecule has 0 amide bonds. The molecule has 0 heterocycles. The summed E-state index contributed by atoms with van der Waals surface area (Å²) < 4.78 is 0. The van der Waals surface area contributed by atoms with Gasteiger partial charge in [0.15, 0.2) is 22.4 Å². The van der Waals surface area contributed by atoms with Crippen molar-refractivity contribution in [3.8, 4) is 22.3 Å². The van der Waals surface area contributed by atoms with Gasteiger partial charge in [0.1, 0.15) is 0 Å². The highest BCUT2D eigenvalue weighted by atomic mass is 16.1. The number of ketones is 2. The van der Waals surface area contributed by atoms with E-state index in [4.69, 9.17) is 0 Å². The quantitative estimate of drug-likeness (QED) is 0.106. The first kappa shape index (κ1) is 30.1. The van der Waals surface area contributed by atoms with Gasteiger partial charge in [0, 0.05) is 43.4 Å². The second kappa shape index (κ2) is 10.9. The number of rotatable bonds is 4. The Morgan fingerprint density at radius 2 is 0.635 bits per heavy atom. The first-order valence-electron chi connectivity index (χ1n) is 17.4. The third-order valence-corrected chi connectivity index (χ3v) is 10.9. The summed E-state index contributed by atoms with van der Waals surface area (Å²) >= 11 is 0. The maximum absolute atomic E-state index is 14.3. The van der Waals surface area contributed by atoms with Gasteiger partial charge in [0.25, 0.3) is 0 Å². The highest BCUT2D eigenvalue weighted by molar-refractivity contribution is 6.44. The van der Waals surface area contributed by atoms with E-state index >= 15 is 0 Å². The SMILES string of the molecule is CC(=O)c1ccc(-c2c3c4cccc5c(=O)c6ccccc6c(c(-c6ccc(C(C)=O)cc6)c3c3cccc6c(=O)c7ccccc7c2c63)c54)cc1. The summed E-state index contributed by atoms with van der Waals surface area (Å²) in [5.41, 5.74) is 4.81. The molecule has 0 atom stereocenters. The normalized spacial score (nSPS) is 12.0. The van der Waals surface area contributed by atoms with Crippen LogP contribution in [0.2, 0.25) is 0 Å². The molecule has 52 heavy (non-hydrogen) atoms. The molecule has 0 N–H and O–H groups in total. The van der Waals surface area contributed by atoms with E-state index < -0.39 is 0 Å². The Kier molecular flexibility index (Phi) is 6.28. The molecule has 10 aromatic rings. The lowest BCUT2D eigenvalue weighted by Gasteiger charge is -2.24. The van der Waals surface area contributed by atoms with Gasteiger partial charge < -0.3 is 0 Å². The molecule has 0 aliphatic rings. The maximum atomic E-state index is 14.3. The minimum atomic E-state index is -0.0290. The van der Waals surface area contributed by atoms with Crippen LogP contribution in [0.1, 0.15) is 34.6 Å². The number of carbonyl (C=O) groups excluding carboxylic acids is 2. The fraction of sp³-hybridized carbons (Fsp3) is 0.0417. The van der Waals surface area contributed by atoms with Crippen molar-refractivity contribution in [1.29, 1.82) is 0 Å². The van der Waals surface area contributed by atoms with Gasteiger partial charge in [-0.15, -0.1) is 0 Å². The molecule has 0 aromatic heterocycles. The molecule has 244 valence electrons. The van der Waals surface area contributed by atoms with Gasteiger partial charge in [-0.2, -0.15) is 0 Å². The van der Waals surface area contributed by atoms with Crippen LogP contribution < -0.4 is 10.9 Å². The van der Waals surface area contributed by atoms with E-state index in [-0.39, 0.29) is 22.4 Å². The molecule has 10 aromatic carbocycles. The van der Waals surface area contributed by atoms with E-state index in [1.807, 2.05) is 121 Å². The maximum Gasteiger partial charge on any atom is 0.194 e. The van der Waals surface area contributed by atoms with Crippen molar-refractivity contribution in [1.82, 2.24) is 0 Å². The fourth-order valence-corrected chi connectivity index (χ4v) is 8.67. The molecule has 0 unspecified atom stereocenters. The van der Waals surface area contributed by atoms with Crippen molar-refractivity contribution < 1.29 is 9.59 Å². The molecular weight excluding hydrogens is 641 g/mol. The standard InChI is InChI=1S/C48H28O4/c1-25(49)27-17-21-29(22-18-27)39-43-31-9-3-5-11-33(31)47(51)37-15-8-14-36(41(37)43)46-40(30-23-19-28(20-24-30)26(2)50)44-32-10-4-6-12-34(32)48(52)38-16-7-13-35(42(38)44)45(39)46/h3-24H,1-2H3. The zero-order valence-electron chi connectivity index (χ0n) is 28.3. The zero-order valence-corrected chi connectivity index (χ0v) is 28.3. The van der Waals surface area contributed by atoms with E-state index in [0.717, 1.165) is 76.1 Å². The van der Waals surface area contributed by atoms with Crippen LogP contribution in [0.15, 0.2) is 143 Å². The Morgan fingerprint density at radius 1 is 0.327 bits per heavy atom. The monoisotopic (exact) mass is 668 g/mol. The van der Waals surface area contributed by atoms with Gasteiger partial charge in [-0.25, -0.2) is 0 Å². The second-order valence-electron chi connectivity index (χ2n) is 13.7. The summed E-state index contributed by atoms with van der Waals surface area (Å²) in [5, 5.41) is 11.6. The molecule has 0 bridgehead atoms. The van der Waals surface area contributed by atoms with Crippen LogP contribution in [0.25, 0.3) is 97.7 Å². The molecule has 0 radical (unpaired) electrons. The van der Waals surface area contributed by atoms with Gasteiger partial charge in [0.2, 0.25) is 0 Å². The van der Waals surface area contributed by atoms with Gasteiger partial charge in [0.05, 0.1) is 0 Å². The van der Waals surface area contributed by atoms with Crippen LogP contribution in [0, 0.1) is 0 Å². The third-order valence-electron chi connectivity index (χ3n) is 10.9. The summed E-state index contributed by atoms with van der Waals surface area (Å²) in [7, 11) is 0. The highest BCUT2D eigenvalue weighted by Gasteiger charge is 2.27. The lowest BCUT2D eigenvalue weighted by Crippen LogP contribution is -2.06. The largest absolute Gasteiger partial charge is 0.295 e. The van der Waals surface area contributed by atoms with Crippen molar-refractivity contribution >= 4 is 87.0 Å². The molecule has 4 heteroatoms. The molecule has 4 nitrogen and oxygen atoms in total.